The van der Waals surface area contributed by atoms with Crippen molar-refractivity contribution in [2.24, 2.45) is 0 Å². The summed E-state index contributed by atoms with van der Waals surface area (Å²) < 4.78 is 0. The van der Waals surface area contributed by atoms with Gasteiger partial charge in [0.2, 0.25) is 0 Å². The normalized spacial score (nSPS) is 10.3. The number of hydrogen-bond acceptors (Lipinski definition) is 5. The molecule has 7 nitrogen and oxygen atoms in total. The smallest absolute Gasteiger partial charge is 0.276 e. The number of carbonyl (C=O) groups excluding carboxylic acids is 2. The van der Waals surface area contributed by atoms with Gasteiger partial charge in [0.25, 0.3) is 11.8 Å². The fourth-order valence-corrected chi connectivity index (χ4v) is 2.17. The van der Waals surface area contributed by atoms with Gasteiger partial charge in [-0.1, -0.05) is 18.5 Å². The van der Waals surface area contributed by atoms with Crippen molar-refractivity contribution in [1.29, 1.82) is 0 Å². The molecule has 3 N–H and O–H groups in total. The molecule has 1 heterocycles. The van der Waals surface area contributed by atoms with E-state index in [0.717, 1.165) is 13.0 Å². The fourth-order valence-electron chi connectivity index (χ4n) is 2.04. The molecule has 25 heavy (non-hydrogen) atoms. The summed E-state index contributed by atoms with van der Waals surface area (Å²) in [5.74, 6) is -0.947. The first kappa shape index (κ1) is 18.8. The van der Waals surface area contributed by atoms with E-state index in [9.17, 15) is 9.59 Å². The van der Waals surface area contributed by atoms with Crippen molar-refractivity contribution in [1.82, 2.24) is 20.6 Å². The molecule has 1 aromatic heterocycles. The van der Waals surface area contributed by atoms with Crippen molar-refractivity contribution in [2.75, 3.05) is 25.0 Å². The van der Waals surface area contributed by atoms with E-state index in [-0.39, 0.29) is 11.4 Å². The second-order valence-corrected chi connectivity index (χ2v) is 5.66. The summed E-state index contributed by atoms with van der Waals surface area (Å²) in [4.78, 5) is 32.6. The highest BCUT2D eigenvalue weighted by Gasteiger charge is 2.19. The highest BCUT2D eigenvalue weighted by atomic mass is 35.5. The molecule has 8 heteroatoms. The van der Waals surface area contributed by atoms with Gasteiger partial charge < -0.3 is 16.0 Å². The van der Waals surface area contributed by atoms with Gasteiger partial charge in [0.15, 0.2) is 11.4 Å². The minimum Gasteiger partial charge on any atom is -0.349 e. The molecule has 0 unspecified atom stereocenters. The maximum atomic E-state index is 12.4. The number of nitrogens with zero attached hydrogens (tertiary/aromatic N) is 2. The Labute approximate surface area is 151 Å². The van der Waals surface area contributed by atoms with E-state index >= 15 is 0 Å². The molecule has 0 aliphatic carbocycles. The van der Waals surface area contributed by atoms with Crippen LogP contribution in [0.15, 0.2) is 36.7 Å². The lowest BCUT2D eigenvalue weighted by atomic mass is 10.2. The van der Waals surface area contributed by atoms with E-state index in [2.05, 4.69) is 32.8 Å². The van der Waals surface area contributed by atoms with Crippen LogP contribution in [0.2, 0.25) is 5.02 Å². The third kappa shape index (κ3) is 5.81. The number of nitrogens with one attached hydrogen (secondary N) is 3. The number of amides is 2. The number of hydrogen-bond donors (Lipinski definition) is 3. The lowest BCUT2D eigenvalue weighted by Crippen LogP contribution is -2.34. The van der Waals surface area contributed by atoms with E-state index in [1.165, 1.54) is 12.4 Å². The van der Waals surface area contributed by atoms with Crippen LogP contribution in [-0.2, 0) is 0 Å². The molecular formula is C17H20ClN5O2. The van der Waals surface area contributed by atoms with Crippen LogP contribution in [-0.4, -0.2) is 41.4 Å². The Hall–Kier alpha value is -2.51. The Morgan fingerprint density at radius 2 is 1.60 bits per heavy atom. The molecule has 132 valence electrons. The first-order valence-corrected chi connectivity index (χ1v) is 8.36. The SMILES string of the molecule is CCCNCCNC(=O)c1nccnc1C(=O)Nc1ccc(Cl)cc1. The molecule has 0 bridgehead atoms. The molecule has 0 atom stereocenters. The van der Waals surface area contributed by atoms with Gasteiger partial charge >= 0.3 is 0 Å². The molecule has 0 spiro atoms. The first-order valence-electron chi connectivity index (χ1n) is 7.98. The van der Waals surface area contributed by atoms with Crippen LogP contribution < -0.4 is 16.0 Å². The van der Waals surface area contributed by atoms with Gasteiger partial charge in [-0.25, -0.2) is 9.97 Å². The van der Waals surface area contributed by atoms with Gasteiger partial charge in [-0.2, -0.15) is 0 Å². The first-order chi connectivity index (χ1) is 12.1. The Bertz CT molecular complexity index is 721. The monoisotopic (exact) mass is 361 g/mol. The number of anilines is 1. The summed E-state index contributed by atoms with van der Waals surface area (Å²) in [6.45, 7) is 4.03. The van der Waals surface area contributed by atoms with Gasteiger partial charge in [0, 0.05) is 36.2 Å². The van der Waals surface area contributed by atoms with Crippen LogP contribution in [0.1, 0.15) is 34.3 Å². The Balaban J connectivity index is 2.02. The summed E-state index contributed by atoms with van der Waals surface area (Å²) in [5, 5.41) is 9.14. The topological polar surface area (TPSA) is 96.0 Å². The van der Waals surface area contributed by atoms with E-state index in [1.54, 1.807) is 24.3 Å². The molecule has 0 aliphatic rings. The van der Waals surface area contributed by atoms with E-state index in [0.29, 0.717) is 23.8 Å². The van der Waals surface area contributed by atoms with Crippen LogP contribution in [0.25, 0.3) is 0 Å². The number of carbonyl (C=O) groups is 2. The lowest BCUT2D eigenvalue weighted by molar-refractivity contribution is 0.0933. The van der Waals surface area contributed by atoms with Crippen molar-refractivity contribution >= 4 is 29.1 Å². The average molecular weight is 362 g/mol. The van der Waals surface area contributed by atoms with Crippen LogP contribution in [0.4, 0.5) is 5.69 Å². The predicted molar refractivity (Wildman–Crippen MR) is 96.9 cm³/mol. The zero-order chi connectivity index (χ0) is 18.1. The van der Waals surface area contributed by atoms with Crippen molar-refractivity contribution in [3.63, 3.8) is 0 Å². The standard InChI is InChI=1S/C17H20ClN5O2/c1-2-7-19-8-9-22-16(24)14-15(21-11-10-20-14)17(25)23-13-5-3-12(18)4-6-13/h3-6,10-11,19H,2,7-9H2,1H3,(H,22,24)(H,23,25). The Morgan fingerprint density at radius 1 is 0.960 bits per heavy atom. The van der Waals surface area contributed by atoms with E-state index < -0.39 is 11.8 Å². The van der Waals surface area contributed by atoms with Gasteiger partial charge in [0.1, 0.15) is 0 Å². The zero-order valence-corrected chi connectivity index (χ0v) is 14.6. The average Bonchev–Trinajstić information content (AvgIpc) is 2.63. The second kappa shape index (κ2) is 9.71. The largest absolute Gasteiger partial charge is 0.349 e. The molecule has 0 radical (unpaired) electrons. The minimum atomic E-state index is -0.510. The van der Waals surface area contributed by atoms with E-state index in [1.807, 2.05) is 0 Å². The number of benzene rings is 1. The van der Waals surface area contributed by atoms with Gasteiger partial charge in [-0.05, 0) is 37.2 Å². The number of rotatable bonds is 8. The molecule has 2 amide bonds. The van der Waals surface area contributed by atoms with Crippen LogP contribution in [0.3, 0.4) is 0 Å². The summed E-state index contributed by atoms with van der Waals surface area (Å²) in [6.07, 6.45) is 3.77. The molecule has 2 aromatic rings. The summed E-state index contributed by atoms with van der Waals surface area (Å²) in [6, 6.07) is 6.64. The van der Waals surface area contributed by atoms with E-state index in [4.69, 9.17) is 11.6 Å². The van der Waals surface area contributed by atoms with Crippen LogP contribution >= 0.6 is 11.6 Å². The third-order valence-electron chi connectivity index (χ3n) is 3.24. The zero-order valence-electron chi connectivity index (χ0n) is 13.9. The van der Waals surface area contributed by atoms with Crippen molar-refractivity contribution < 1.29 is 9.59 Å². The molecule has 2 rings (SSSR count). The fraction of sp³-hybridized carbons (Fsp3) is 0.294. The van der Waals surface area contributed by atoms with Crippen LogP contribution in [0, 0.1) is 0 Å². The molecular weight excluding hydrogens is 342 g/mol. The quantitative estimate of drug-likeness (QED) is 0.626. The lowest BCUT2D eigenvalue weighted by Gasteiger charge is -2.09. The van der Waals surface area contributed by atoms with Crippen molar-refractivity contribution in [3.05, 3.63) is 53.1 Å². The van der Waals surface area contributed by atoms with Crippen molar-refractivity contribution in [3.8, 4) is 0 Å². The molecule has 0 saturated carbocycles. The summed E-state index contributed by atoms with van der Waals surface area (Å²) in [7, 11) is 0. The molecule has 0 saturated heterocycles. The summed E-state index contributed by atoms with van der Waals surface area (Å²) in [5.41, 5.74) is 0.510. The number of halogens is 1. The number of aromatic nitrogens is 2. The predicted octanol–water partition coefficient (Wildman–Crippen LogP) is 2.11. The molecule has 1 aromatic carbocycles. The van der Waals surface area contributed by atoms with Gasteiger partial charge in [0.05, 0.1) is 0 Å². The summed E-state index contributed by atoms with van der Waals surface area (Å²) >= 11 is 5.82. The minimum absolute atomic E-state index is 0.00976. The highest BCUT2D eigenvalue weighted by Crippen LogP contribution is 2.14. The molecule has 0 fully saturated rings. The Morgan fingerprint density at radius 3 is 2.24 bits per heavy atom. The van der Waals surface area contributed by atoms with Crippen molar-refractivity contribution in [2.45, 2.75) is 13.3 Å². The second-order valence-electron chi connectivity index (χ2n) is 5.22. The third-order valence-corrected chi connectivity index (χ3v) is 3.50. The highest BCUT2D eigenvalue weighted by molar-refractivity contribution is 6.30. The van der Waals surface area contributed by atoms with Gasteiger partial charge in [-0.3, -0.25) is 9.59 Å². The Kier molecular flexibility index (Phi) is 7.31. The maximum absolute atomic E-state index is 12.4. The van der Waals surface area contributed by atoms with Crippen LogP contribution in [0.5, 0.6) is 0 Å². The molecule has 0 aliphatic heterocycles. The van der Waals surface area contributed by atoms with Gasteiger partial charge in [-0.15, -0.1) is 0 Å². The maximum Gasteiger partial charge on any atom is 0.276 e.